The molecule has 17 heavy (non-hydrogen) atoms. The summed E-state index contributed by atoms with van der Waals surface area (Å²) >= 11 is 0. The van der Waals surface area contributed by atoms with Crippen molar-refractivity contribution in [2.75, 3.05) is 5.73 Å². The largest absolute Gasteiger partial charge is 0.390 e. The molecule has 0 aliphatic carbocycles. The van der Waals surface area contributed by atoms with Gasteiger partial charge in [-0.3, -0.25) is 0 Å². The lowest BCUT2D eigenvalue weighted by Crippen LogP contribution is -2.13. The number of hydrogen-bond acceptors (Lipinski definition) is 2. The van der Waals surface area contributed by atoms with E-state index >= 15 is 0 Å². The average Bonchev–Trinajstić information content (AvgIpc) is 2.49. The van der Waals surface area contributed by atoms with Crippen LogP contribution in [0.5, 0.6) is 0 Å². The first-order valence-corrected chi connectivity index (χ1v) is 4.85. The Hall–Kier alpha value is -1.79. The van der Waals surface area contributed by atoms with Gasteiger partial charge in [-0.25, -0.2) is 9.37 Å². The lowest BCUT2D eigenvalue weighted by atomic mass is 10.3. The number of benzene rings is 1. The normalized spacial score (nSPS) is 12.2. The van der Waals surface area contributed by atoms with Crippen LogP contribution in [0, 0.1) is 5.82 Å². The van der Waals surface area contributed by atoms with Crippen molar-refractivity contribution in [2.45, 2.75) is 19.1 Å². The highest BCUT2D eigenvalue weighted by molar-refractivity contribution is 5.78. The molecule has 0 aliphatic rings. The molecular weight excluding hydrogens is 238 g/mol. The van der Waals surface area contributed by atoms with Gasteiger partial charge in [-0.2, -0.15) is 13.2 Å². The number of nitrogen functional groups attached to an aromatic ring is 1. The second kappa shape index (κ2) is 3.90. The van der Waals surface area contributed by atoms with Crippen LogP contribution in [0.3, 0.4) is 0 Å². The molecule has 1 aromatic heterocycles. The number of aryl methyl sites for hydroxylation is 1. The average molecular weight is 247 g/mol. The number of imidazole rings is 1. The van der Waals surface area contributed by atoms with Crippen LogP contribution in [0.1, 0.15) is 6.42 Å². The number of hydrogen-bond donors (Lipinski definition) is 1. The molecule has 0 amide bonds. The van der Waals surface area contributed by atoms with Gasteiger partial charge in [-0.15, -0.1) is 0 Å². The van der Waals surface area contributed by atoms with Gasteiger partial charge in [0.15, 0.2) is 0 Å². The van der Waals surface area contributed by atoms with Crippen molar-refractivity contribution in [1.82, 2.24) is 9.55 Å². The Morgan fingerprint density at radius 3 is 2.65 bits per heavy atom. The number of halogens is 4. The fraction of sp³-hybridized carbons (Fsp3) is 0.300. The van der Waals surface area contributed by atoms with E-state index in [1.807, 2.05) is 0 Å². The molecule has 0 atom stereocenters. The summed E-state index contributed by atoms with van der Waals surface area (Å²) in [6.45, 7) is -0.366. The van der Waals surface area contributed by atoms with E-state index in [4.69, 9.17) is 5.73 Å². The molecule has 0 spiro atoms. The Kier molecular flexibility index (Phi) is 2.68. The quantitative estimate of drug-likeness (QED) is 0.829. The maximum Gasteiger partial charge on any atom is 0.390 e. The third-order valence-electron chi connectivity index (χ3n) is 2.36. The Balaban J connectivity index is 2.38. The van der Waals surface area contributed by atoms with Crippen LogP contribution < -0.4 is 5.73 Å². The molecule has 7 heteroatoms. The van der Waals surface area contributed by atoms with Gasteiger partial charge >= 0.3 is 6.18 Å². The minimum absolute atomic E-state index is 0.0464. The summed E-state index contributed by atoms with van der Waals surface area (Å²) in [6, 6.07) is 3.68. The van der Waals surface area contributed by atoms with Crippen molar-refractivity contribution in [3.8, 4) is 0 Å². The van der Waals surface area contributed by atoms with Crippen molar-refractivity contribution in [1.29, 1.82) is 0 Å². The van der Waals surface area contributed by atoms with Gasteiger partial charge in [-0.05, 0) is 18.2 Å². The monoisotopic (exact) mass is 247 g/mol. The highest BCUT2D eigenvalue weighted by Gasteiger charge is 2.27. The summed E-state index contributed by atoms with van der Waals surface area (Å²) in [5.41, 5.74) is 6.15. The molecule has 0 saturated carbocycles. The molecule has 0 aliphatic heterocycles. The molecular formula is C10H9F4N3. The van der Waals surface area contributed by atoms with E-state index < -0.39 is 18.4 Å². The second-order valence-corrected chi connectivity index (χ2v) is 3.62. The van der Waals surface area contributed by atoms with Crippen molar-refractivity contribution >= 4 is 17.0 Å². The molecule has 3 nitrogen and oxygen atoms in total. The Morgan fingerprint density at radius 1 is 1.29 bits per heavy atom. The predicted molar refractivity (Wildman–Crippen MR) is 54.8 cm³/mol. The van der Waals surface area contributed by atoms with E-state index in [2.05, 4.69) is 4.98 Å². The highest BCUT2D eigenvalue weighted by atomic mass is 19.4. The maximum atomic E-state index is 13.0. The van der Waals surface area contributed by atoms with Crippen LogP contribution >= 0.6 is 0 Å². The molecule has 1 heterocycles. The summed E-state index contributed by atoms with van der Waals surface area (Å²) < 4.78 is 50.5. The summed E-state index contributed by atoms with van der Waals surface area (Å²) in [6.07, 6.45) is -5.31. The standard InChI is InChI=1S/C10H9F4N3/c11-6-1-2-7-8(5-6)17(9(15)16-7)4-3-10(12,13)14/h1-2,5H,3-4H2,(H2,15,16). The smallest absolute Gasteiger partial charge is 0.369 e. The molecule has 0 unspecified atom stereocenters. The molecule has 2 rings (SSSR count). The lowest BCUT2D eigenvalue weighted by molar-refractivity contribution is -0.136. The van der Waals surface area contributed by atoms with Gasteiger partial charge in [0.1, 0.15) is 5.82 Å². The molecule has 1 aromatic carbocycles. The van der Waals surface area contributed by atoms with E-state index in [-0.39, 0.29) is 18.0 Å². The maximum absolute atomic E-state index is 13.0. The summed E-state index contributed by atoms with van der Waals surface area (Å²) in [7, 11) is 0. The van der Waals surface area contributed by atoms with E-state index in [1.165, 1.54) is 12.1 Å². The number of aromatic nitrogens is 2. The van der Waals surface area contributed by atoms with Gasteiger partial charge < -0.3 is 10.3 Å². The number of alkyl halides is 3. The predicted octanol–water partition coefficient (Wildman–Crippen LogP) is 2.71. The molecule has 0 saturated heterocycles. The van der Waals surface area contributed by atoms with Gasteiger partial charge in [0.2, 0.25) is 5.95 Å². The van der Waals surface area contributed by atoms with Gasteiger partial charge in [0, 0.05) is 6.54 Å². The van der Waals surface area contributed by atoms with Crippen LogP contribution in [-0.2, 0) is 6.54 Å². The van der Waals surface area contributed by atoms with Crippen molar-refractivity contribution < 1.29 is 17.6 Å². The Morgan fingerprint density at radius 2 is 2.00 bits per heavy atom. The Bertz CT molecular complexity index is 544. The fourth-order valence-electron chi connectivity index (χ4n) is 1.59. The number of nitrogens with two attached hydrogens (primary N) is 1. The van der Waals surface area contributed by atoms with Crippen molar-refractivity contribution in [3.05, 3.63) is 24.0 Å². The van der Waals surface area contributed by atoms with E-state index in [0.29, 0.717) is 5.52 Å². The summed E-state index contributed by atoms with van der Waals surface area (Å²) in [4.78, 5) is 3.86. The first kappa shape index (κ1) is 11.7. The molecule has 2 N–H and O–H groups in total. The number of anilines is 1. The zero-order chi connectivity index (χ0) is 12.6. The molecule has 0 bridgehead atoms. The highest BCUT2D eigenvalue weighted by Crippen LogP contribution is 2.24. The summed E-state index contributed by atoms with van der Waals surface area (Å²) in [5, 5.41) is 0. The second-order valence-electron chi connectivity index (χ2n) is 3.62. The fourth-order valence-corrected chi connectivity index (χ4v) is 1.59. The van der Waals surface area contributed by atoms with Gasteiger partial charge in [0.05, 0.1) is 17.5 Å². The van der Waals surface area contributed by atoms with E-state index in [0.717, 1.165) is 10.6 Å². The third kappa shape index (κ3) is 2.48. The van der Waals surface area contributed by atoms with Crippen molar-refractivity contribution in [3.63, 3.8) is 0 Å². The first-order valence-electron chi connectivity index (χ1n) is 4.85. The van der Waals surface area contributed by atoms with Crippen LogP contribution in [0.2, 0.25) is 0 Å². The van der Waals surface area contributed by atoms with E-state index in [1.54, 1.807) is 0 Å². The first-order chi connectivity index (χ1) is 7.87. The molecule has 0 radical (unpaired) electrons. The zero-order valence-corrected chi connectivity index (χ0v) is 8.63. The third-order valence-corrected chi connectivity index (χ3v) is 2.36. The van der Waals surface area contributed by atoms with Crippen LogP contribution in [0.4, 0.5) is 23.5 Å². The number of rotatable bonds is 2. The van der Waals surface area contributed by atoms with Gasteiger partial charge in [-0.1, -0.05) is 0 Å². The van der Waals surface area contributed by atoms with Crippen molar-refractivity contribution in [2.24, 2.45) is 0 Å². The van der Waals surface area contributed by atoms with Gasteiger partial charge in [0.25, 0.3) is 0 Å². The SMILES string of the molecule is Nc1nc2ccc(F)cc2n1CCC(F)(F)F. The zero-order valence-electron chi connectivity index (χ0n) is 8.63. The van der Waals surface area contributed by atoms with Crippen LogP contribution in [-0.4, -0.2) is 15.7 Å². The Labute approximate surface area is 93.8 Å². The minimum Gasteiger partial charge on any atom is -0.369 e. The number of nitrogens with zero attached hydrogens (tertiary/aromatic N) is 2. The van der Waals surface area contributed by atoms with Crippen LogP contribution in [0.15, 0.2) is 18.2 Å². The molecule has 2 aromatic rings. The number of fused-ring (bicyclic) bond motifs is 1. The topological polar surface area (TPSA) is 43.8 Å². The molecule has 92 valence electrons. The molecule has 0 fully saturated rings. The van der Waals surface area contributed by atoms with Crippen LogP contribution in [0.25, 0.3) is 11.0 Å². The summed E-state index contributed by atoms with van der Waals surface area (Å²) in [5.74, 6) is -0.583. The van der Waals surface area contributed by atoms with E-state index in [9.17, 15) is 17.6 Å². The lowest BCUT2D eigenvalue weighted by Gasteiger charge is -2.08. The minimum atomic E-state index is -4.28.